The highest BCUT2D eigenvalue weighted by atomic mass is 32.1. The summed E-state index contributed by atoms with van der Waals surface area (Å²) in [5, 5.41) is 8.87. The van der Waals surface area contributed by atoms with Gasteiger partial charge in [-0.1, -0.05) is 0 Å². The predicted molar refractivity (Wildman–Crippen MR) is 70.8 cm³/mol. The van der Waals surface area contributed by atoms with Gasteiger partial charge in [-0.15, -0.1) is 11.3 Å². The van der Waals surface area contributed by atoms with E-state index in [9.17, 15) is 9.36 Å². The van der Waals surface area contributed by atoms with Crippen LogP contribution >= 0.6 is 18.9 Å². The minimum Gasteiger partial charge on any atom is -0.484 e. The van der Waals surface area contributed by atoms with Crippen LogP contribution in [0.3, 0.4) is 0 Å². The van der Waals surface area contributed by atoms with Crippen molar-refractivity contribution in [1.82, 2.24) is 0 Å². The number of ether oxygens (including phenoxy) is 1. The molecule has 0 amide bonds. The first-order valence-corrected chi connectivity index (χ1v) is 7.84. The minimum atomic E-state index is -3.36. The Morgan fingerprint density at radius 3 is 2.63 bits per heavy atom. The largest absolute Gasteiger partial charge is 0.484 e. The number of carbonyl (C=O) groups excluding carboxylic acids is 1. The fourth-order valence-corrected chi connectivity index (χ4v) is 2.98. The van der Waals surface area contributed by atoms with Crippen LogP contribution in [0.2, 0.25) is 0 Å². The van der Waals surface area contributed by atoms with Gasteiger partial charge in [-0.25, -0.2) is 0 Å². The number of carbonyl (C=O) groups is 1. The van der Waals surface area contributed by atoms with Crippen molar-refractivity contribution in [3.8, 4) is 11.8 Å². The van der Waals surface area contributed by atoms with Crippen molar-refractivity contribution in [1.29, 1.82) is 5.26 Å². The Balaban J connectivity index is 2.60. The van der Waals surface area contributed by atoms with E-state index in [0.29, 0.717) is 10.6 Å². The third-order valence-electron chi connectivity index (χ3n) is 2.24. The van der Waals surface area contributed by atoms with E-state index in [1.54, 1.807) is 6.07 Å². The van der Waals surface area contributed by atoms with Crippen molar-refractivity contribution in [2.45, 2.75) is 6.92 Å². The number of nitrogens with zero attached hydrogens (tertiary/aromatic N) is 1. The summed E-state index contributed by atoms with van der Waals surface area (Å²) >= 11 is 1.29. The van der Waals surface area contributed by atoms with Crippen LogP contribution in [0, 0.1) is 18.3 Å². The smallest absolute Gasteiger partial charge is 0.337 e. The van der Waals surface area contributed by atoms with E-state index in [1.165, 1.54) is 25.6 Å². The first kappa shape index (κ1) is 15.9. The highest BCUT2D eigenvalue weighted by Crippen LogP contribution is 2.45. The number of hydrogen-bond donors (Lipinski definition) is 0. The van der Waals surface area contributed by atoms with E-state index in [-0.39, 0.29) is 12.8 Å². The summed E-state index contributed by atoms with van der Waals surface area (Å²) in [6, 6.07) is 3.67. The number of Topliss-reactive ketones (excluding diaryl/α,β-unsaturated/α-hetero) is 1. The molecule has 1 rings (SSSR count). The zero-order chi connectivity index (χ0) is 14.5. The Labute approximate surface area is 115 Å². The molecule has 0 atom stereocenters. The van der Waals surface area contributed by atoms with Crippen LogP contribution in [0.4, 0.5) is 0 Å². The average molecular weight is 303 g/mol. The average Bonchev–Trinajstić information content (AvgIpc) is 2.76. The van der Waals surface area contributed by atoms with E-state index in [2.05, 4.69) is 9.05 Å². The van der Waals surface area contributed by atoms with Crippen LogP contribution in [0.25, 0.3) is 0 Å². The summed E-state index contributed by atoms with van der Waals surface area (Å²) in [7, 11) is -0.931. The molecule has 0 fully saturated rings. The molecule has 104 valence electrons. The van der Waals surface area contributed by atoms with Gasteiger partial charge >= 0.3 is 7.60 Å². The van der Waals surface area contributed by atoms with Crippen LogP contribution in [-0.4, -0.2) is 32.8 Å². The summed E-state index contributed by atoms with van der Waals surface area (Å²) in [5.41, 5.74) is 0. The maximum atomic E-state index is 11.7. The molecule has 0 aliphatic rings. The molecule has 0 unspecified atom stereocenters. The van der Waals surface area contributed by atoms with Crippen LogP contribution in [0.1, 0.15) is 9.75 Å². The van der Waals surface area contributed by atoms with Crippen molar-refractivity contribution in [2.75, 3.05) is 27.0 Å². The van der Waals surface area contributed by atoms with Gasteiger partial charge in [0.1, 0.15) is 29.5 Å². The van der Waals surface area contributed by atoms with E-state index in [0.717, 1.165) is 4.88 Å². The Morgan fingerprint density at radius 2 is 2.11 bits per heavy atom. The summed E-state index contributed by atoms with van der Waals surface area (Å²) in [6.45, 7) is 1.56. The van der Waals surface area contributed by atoms with Crippen LogP contribution < -0.4 is 4.74 Å². The third-order valence-corrected chi connectivity index (χ3v) is 5.03. The topological polar surface area (TPSA) is 85.6 Å². The van der Waals surface area contributed by atoms with Crippen LogP contribution in [0.15, 0.2) is 6.07 Å². The highest BCUT2D eigenvalue weighted by molar-refractivity contribution is 7.54. The number of nitriles is 1. The van der Waals surface area contributed by atoms with E-state index in [4.69, 9.17) is 10.00 Å². The Hall–Kier alpha value is -1.19. The molecular formula is C11H14NO5PS. The lowest BCUT2D eigenvalue weighted by atomic mass is 10.4. The zero-order valence-corrected chi connectivity index (χ0v) is 12.5. The molecule has 0 saturated heterocycles. The van der Waals surface area contributed by atoms with Crippen molar-refractivity contribution < 1.29 is 23.1 Å². The van der Waals surface area contributed by atoms with Crippen LogP contribution in [0.5, 0.6) is 5.75 Å². The van der Waals surface area contributed by atoms with Gasteiger partial charge in [0.15, 0.2) is 5.78 Å². The summed E-state index contributed by atoms with van der Waals surface area (Å²) in [6.07, 6.45) is -0.356. The minimum absolute atomic E-state index is 0.276. The molecule has 0 N–H and O–H groups in total. The molecule has 1 aromatic heterocycles. The molecule has 0 radical (unpaired) electrons. The number of rotatable bonds is 7. The maximum Gasteiger partial charge on any atom is 0.337 e. The van der Waals surface area contributed by atoms with Gasteiger partial charge in [0, 0.05) is 19.1 Å². The zero-order valence-electron chi connectivity index (χ0n) is 10.8. The number of aryl methyl sites for hydroxylation is 1. The summed E-state index contributed by atoms with van der Waals surface area (Å²) < 4.78 is 26.3. The van der Waals surface area contributed by atoms with Crippen molar-refractivity contribution in [3.63, 3.8) is 0 Å². The van der Waals surface area contributed by atoms with Gasteiger partial charge in [0.05, 0.1) is 0 Å². The normalized spacial score (nSPS) is 11.1. The highest BCUT2D eigenvalue weighted by Gasteiger charge is 2.25. The van der Waals surface area contributed by atoms with E-state index in [1.807, 2.05) is 13.0 Å². The van der Waals surface area contributed by atoms with Crippen molar-refractivity contribution in [3.05, 3.63) is 15.8 Å². The Bertz CT molecular complexity index is 540. The molecular weight excluding hydrogens is 289 g/mol. The molecule has 0 saturated carbocycles. The molecule has 6 nitrogen and oxygen atoms in total. The molecule has 0 aliphatic carbocycles. The molecule has 0 bridgehead atoms. The second-order valence-corrected chi connectivity index (χ2v) is 7.15. The summed E-state index contributed by atoms with van der Waals surface area (Å²) in [4.78, 5) is 12.9. The molecule has 19 heavy (non-hydrogen) atoms. The van der Waals surface area contributed by atoms with Gasteiger partial charge in [-0.05, 0) is 13.0 Å². The molecule has 0 aliphatic heterocycles. The monoisotopic (exact) mass is 303 g/mol. The fourth-order valence-electron chi connectivity index (χ4n) is 1.30. The first-order chi connectivity index (χ1) is 8.94. The number of ketones is 1. The van der Waals surface area contributed by atoms with Gasteiger partial charge < -0.3 is 13.8 Å². The molecule has 0 aromatic carbocycles. The molecule has 1 heterocycles. The van der Waals surface area contributed by atoms with E-state index < -0.39 is 13.4 Å². The first-order valence-electron chi connectivity index (χ1n) is 5.29. The second-order valence-electron chi connectivity index (χ2n) is 3.62. The lowest BCUT2D eigenvalue weighted by Crippen LogP contribution is -2.16. The van der Waals surface area contributed by atoms with E-state index >= 15 is 0 Å². The summed E-state index contributed by atoms with van der Waals surface area (Å²) in [5.74, 6) is -0.0530. The van der Waals surface area contributed by atoms with Crippen molar-refractivity contribution in [2.24, 2.45) is 0 Å². The fraction of sp³-hybridized carbons (Fsp3) is 0.455. The molecule has 0 spiro atoms. The Morgan fingerprint density at radius 1 is 1.47 bits per heavy atom. The molecule has 8 heteroatoms. The maximum absolute atomic E-state index is 11.7. The van der Waals surface area contributed by atoms with Gasteiger partial charge in [0.2, 0.25) is 0 Å². The SMILES string of the molecule is COP(=O)(CC(=O)COc1cc(C)sc1C#N)OC. The number of thiophene rings is 1. The van der Waals surface area contributed by atoms with Gasteiger partial charge in [0.25, 0.3) is 0 Å². The van der Waals surface area contributed by atoms with Gasteiger partial charge in [-0.2, -0.15) is 5.26 Å². The quantitative estimate of drug-likeness (QED) is 0.719. The van der Waals surface area contributed by atoms with Crippen molar-refractivity contribution >= 4 is 24.7 Å². The second kappa shape index (κ2) is 6.83. The lowest BCUT2D eigenvalue weighted by molar-refractivity contribution is -0.118. The number of hydrogen-bond acceptors (Lipinski definition) is 7. The van der Waals surface area contributed by atoms with Gasteiger partial charge in [-0.3, -0.25) is 9.36 Å². The predicted octanol–water partition coefficient (Wildman–Crippen LogP) is 2.36. The lowest BCUT2D eigenvalue weighted by Gasteiger charge is -2.12. The standard InChI is InChI=1S/C11H14NO5PS/c1-8-4-10(11(5-12)19-8)17-6-9(13)7-18(14,15-2)16-3/h4H,6-7H2,1-3H3. The molecule has 1 aromatic rings. The Kier molecular flexibility index (Phi) is 5.70. The third kappa shape index (κ3) is 4.44. The van der Waals surface area contributed by atoms with Crippen LogP contribution in [-0.2, 0) is 18.4 Å².